The summed E-state index contributed by atoms with van der Waals surface area (Å²) in [7, 11) is 1.99. The molecule has 1 aliphatic rings. The highest BCUT2D eigenvalue weighted by molar-refractivity contribution is 5.82. The van der Waals surface area contributed by atoms with Crippen molar-refractivity contribution in [3.05, 3.63) is 11.6 Å². The van der Waals surface area contributed by atoms with Gasteiger partial charge in [0.2, 0.25) is 0 Å². The summed E-state index contributed by atoms with van der Waals surface area (Å²) in [6.45, 7) is 15.9. The molecule has 1 aromatic heterocycles. The van der Waals surface area contributed by atoms with Gasteiger partial charge in [0.05, 0.1) is 0 Å². The number of aliphatic imine (C=N–C) groups is 1. The van der Waals surface area contributed by atoms with Gasteiger partial charge >= 0.3 is 0 Å². The van der Waals surface area contributed by atoms with Crippen molar-refractivity contribution in [2.45, 2.75) is 66.5 Å². The molecule has 1 aromatic rings. The zero-order chi connectivity index (χ0) is 17.3. The number of hydrogen-bond acceptors (Lipinski definition) is 3. The summed E-state index contributed by atoms with van der Waals surface area (Å²) in [5, 5.41) is 11.9. The van der Waals surface area contributed by atoms with Gasteiger partial charge in [-0.2, -0.15) is 0 Å². The molecular formula is C17H32N6. The lowest BCUT2D eigenvalue weighted by molar-refractivity contribution is -0.0668. The number of likely N-dealkylation sites (tertiary alicyclic amines) is 1. The second-order valence-electron chi connectivity index (χ2n) is 7.67. The molecule has 0 aromatic carbocycles. The Bertz CT molecular complexity index is 570. The fourth-order valence-corrected chi connectivity index (χ4v) is 2.75. The monoisotopic (exact) mass is 320 g/mol. The maximum absolute atomic E-state index is 4.83. The first-order valence-corrected chi connectivity index (χ1v) is 8.61. The Labute approximate surface area is 140 Å². The fraction of sp³-hybridized carbons (Fsp3) is 0.824. The Morgan fingerprint density at radius 1 is 1.26 bits per heavy atom. The van der Waals surface area contributed by atoms with Crippen LogP contribution in [0.5, 0.6) is 0 Å². The first-order valence-electron chi connectivity index (χ1n) is 8.61. The van der Waals surface area contributed by atoms with Crippen molar-refractivity contribution < 1.29 is 0 Å². The molecule has 0 spiro atoms. The van der Waals surface area contributed by atoms with Crippen molar-refractivity contribution in [3.63, 3.8) is 0 Å². The summed E-state index contributed by atoms with van der Waals surface area (Å²) in [5.41, 5.74) is 0.391. The van der Waals surface area contributed by atoms with Gasteiger partial charge in [-0.05, 0) is 27.2 Å². The van der Waals surface area contributed by atoms with Gasteiger partial charge in [-0.25, -0.2) is 4.99 Å². The van der Waals surface area contributed by atoms with E-state index in [4.69, 9.17) is 4.99 Å². The summed E-state index contributed by atoms with van der Waals surface area (Å²) in [6.07, 6.45) is 2.33. The standard InChI is InChI=1S/C17H32N6/c1-8-9-10-18-15(23-12-16(3,4)17(23,5)6)19-11-14-21-20-13(2)22(14)7/h8-12H2,1-7H3,(H,18,19). The van der Waals surface area contributed by atoms with E-state index in [1.54, 1.807) is 0 Å². The molecule has 0 bridgehead atoms. The molecule has 1 fully saturated rings. The number of hydrogen-bond donors (Lipinski definition) is 1. The van der Waals surface area contributed by atoms with Crippen molar-refractivity contribution in [1.29, 1.82) is 0 Å². The van der Waals surface area contributed by atoms with Crippen molar-refractivity contribution >= 4 is 5.96 Å². The van der Waals surface area contributed by atoms with Gasteiger partial charge in [0, 0.05) is 31.1 Å². The zero-order valence-electron chi connectivity index (χ0n) is 15.8. The van der Waals surface area contributed by atoms with E-state index in [0.717, 1.165) is 37.1 Å². The molecule has 1 aliphatic heterocycles. The molecule has 0 saturated carbocycles. The second kappa shape index (κ2) is 6.49. The van der Waals surface area contributed by atoms with Crippen LogP contribution in [0, 0.1) is 12.3 Å². The molecule has 0 radical (unpaired) electrons. The second-order valence-corrected chi connectivity index (χ2v) is 7.67. The maximum atomic E-state index is 4.83. The fourth-order valence-electron chi connectivity index (χ4n) is 2.75. The third-order valence-corrected chi connectivity index (χ3v) is 5.51. The number of guanidine groups is 1. The molecule has 1 N–H and O–H groups in total. The quantitative estimate of drug-likeness (QED) is 0.514. The number of aryl methyl sites for hydroxylation is 1. The van der Waals surface area contributed by atoms with Crippen LogP contribution < -0.4 is 5.32 Å². The molecule has 2 rings (SSSR count). The van der Waals surface area contributed by atoms with E-state index in [-0.39, 0.29) is 5.54 Å². The molecule has 0 amide bonds. The minimum absolute atomic E-state index is 0.0981. The molecule has 23 heavy (non-hydrogen) atoms. The predicted octanol–water partition coefficient (Wildman–Crippen LogP) is 2.49. The highest BCUT2D eigenvalue weighted by atomic mass is 15.4. The van der Waals surface area contributed by atoms with Crippen molar-refractivity contribution in [2.24, 2.45) is 17.5 Å². The first kappa shape index (κ1) is 17.8. The van der Waals surface area contributed by atoms with Crippen LogP contribution in [-0.2, 0) is 13.6 Å². The molecule has 0 aliphatic carbocycles. The minimum Gasteiger partial charge on any atom is -0.356 e. The summed E-state index contributed by atoms with van der Waals surface area (Å²) < 4.78 is 2.00. The largest absolute Gasteiger partial charge is 0.356 e. The summed E-state index contributed by atoms with van der Waals surface area (Å²) >= 11 is 0. The molecule has 0 atom stereocenters. The van der Waals surface area contributed by atoms with Gasteiger partial charge in [-0.1, -0.05) is 27.2 Å². The van der Waals surface area contributed by atoms with Crippen molar-refractivity contribution in [2.75, 3.05) is 13.1 Å². The maximum Gasteiger partial charge on any atom is 0.194 e. The topological polar surface area (TPSA) is 58.3 Å². The SMILES string of the molecule is CCCCNC(=NCc1nnc(C)n1C)N1CC(C)(C)C1(C)C. The normalized spacial score (nSPS) is 19.6. The van der Waals surface area contributed by atoms with Gasteiger partial charge in [-0.3, -0.25) is 0 Å². The number of rotatable bonds is 5. The van der Waals surface area contributed by atoms with Crippen LogP contribution in [0.25, 0.3) is 0 Å². The predicted molar refractivity (Wildman–Crippen MR) is 94.4 cm³/mol. The van der Waals surface area contributed by atoms with E-state index < -0.39 is 0 Å². The Hall–Kier alpha value is -1.59. The van der Waals surface area contributed by atoms with Gasteiger partial charge in [0.25, 0.3) is 0 Å². The lowest BCUT2D eigenvalue weighted by atomic mass is 9.65. The Balaban J connectivity index is 2.14. The molecule has 1 saturated heterocycles. The molecule has 6 nitrogen and oxygen atoms in total. The average Bonchev–Trinajstić information content (AvgIpc) is 2.80. The van der Waals surface area contributed by atoms with E-state index in [9.17, 15) is 0 Å². The first-order chi connectivity index (χ1) is 10.7. The summed E-state index contributed by atoms with van der Waals surface area (Å²) in [5.74, 6) is 2.81. The van der Waals surface area contributed by atoms with Crippen molar-refractivity contribution in [1.82, 2.24) is 25.0 Å². The Kier molecular flexibility index (Phi) is 5.01. The smallest absolute Gasteiger partial charge is 0.194 e. The number of nitrogens with one attached hydrogen (secondary N) is 1. The van der Waals surface area contributed by atoms with Crippen LogP contribution in [0.3, 0.4) is 0 Å². The third-order valence-electron chi connectivity index (χ3n) is 5.51. The van der Waals surface area contributed by atoms with E-state index in [1.807, 2.05) is 18.5 Å². The molecular weight excluding hydrogens is 288 g/mol. The number of unbranched alkanes of at least 4 members (excludes halogenated alkanes) is 1. The average molecular weight is 320 g/mol. The van der Waals surface area contributed by atoms with Crippen molar-refractivity contribution in [3.8, 4) is 0 Å². The number of nitrogens with zero attached hydrogens (tertiary/aromatic N) is 5. The van der Waals surface area contributed by atoms with E-state index in [1.165, 1.54) is 6.42 Å². The number of aromatic nitrogens is 3. The van der Waals surface area contributed by atoms with Crippen LogP contribution in [0.4, 0.5) is 0 Å². The minimum atomic E-state index is 0.0981. The Morgan fingerprint density at radius 3 is 2.43 bits per heavy atom. The van der Waals surface area contributed by atoms with Crippen LogP contribution in [0.1, 0.15) is 59.1 Å². The third kappa shape index (κ3) is 3.35. The molecule has 6 heteroatoms. The zero-order valence-corrected chi connectivity index (χ0v) is 15.8. The molecule has 130 valence electrons. The lowest BCUT2D eigenvalue weighted by Crippen LogP contribution is -2.72. The molecule has 0 unspecified atom stereocenters. The van der Waals surface area contributed by atoms with Gasteiger partial charge in [0.15, 0.2) is 11.8 Å². The summed E-state index contributed by atoms with van der Waals surface area (Å²) in [4.78, 5) is 7.21. The van der Waals surface area contributed by atoms with Crippen LogP contribution >= 0.6 is 0 Å². The molecule has 2 heterocycles. The van der Waals surface area contributed by atoms with Crippen LogP contribution in [0.15, 0.2) is 4.99 Å². The van der Waals surface area contributed by atoms with E-state index >= 15 is 0 Å². The van der Waals surface area contributed by atoms with E-state index in [0.29, 0.717) is 12.0 Å². The Morgan fingerprint density at radius 2 is 1.96 bits per heavy atom. The van der Waals surface area contributed by atoms with Crippen LogP contribution in [-0.4, -0.2) is 44.3 Å². The van der Waals surface area contributed by atoms with E-state index in [2.05, 4.69) is 55.0 Å². The van der Waals surface area contributed by atoms with Gasteiger partial charge in [0.1, 0.15) is 12.4 Å². The highest BCUT2D eigenvalue weighted by Gasteiger charge is 2.53. The van der Waals surface area contributed by atoms with Crippen LogP contribution in [0.2, 0.25) is 0 Å². The summed E-state index contributed by atoms with van der Waals surface area (Å²) in [6, 6.07) is 0. The highest BCUT2D eigenvalue weighted by Crippen LogP contribution is 2.46. The lowest BCUT2D eigenvalue weighted by Gasteiger charge is -2.62. The van der Waals surface area contributed by atoms with Gasteiger partial charge in [-0.15, -0.1) is 10.2 Å². The van der Waals surface area contributed by atoms with Gasteiger partial charge < -0.3 is 14.8 Å².